The van der Waals surface area contributed by atoms with Gasteiger partial charge in [-0.3, -0.25) is 0 Å². The fraction of sp³-hybridized carbons (Fsp3) is 0.400. The van der Waals surface area contributed by atoms with Crippen molar-refractivity contribution in [3.05, 3.63) is 71.8 Å². The molecule has 0 saturated carbocycles. The Kier molecular flexibility index (Phi) is 7.09. The number of benzene rings is 2. The molecule has 2 aromatic rings. The average Bonchev–Trinajstić information content (AvgIpc) is 2.64. The maximum atomic E-state index is 13.8. The highest BCUT2D eigenvalue weighted by atomic mass is 19.4. The molecule has 33 heavy (non-hydrogen) atoms. The molecule has 0 N–H and O–H groups in total. The molecule has 184 valence electrons. The van der Waals surface area contributed by atoms with Gasteiger partial charge in [0.15, 0.2) is 0 Å². The molecule has 0 spiro atoms. The third-order valence-electron chi connectivity index (χ3n) is 4.77. The van der Waals surface area contributed by atoms with Crippen LogP contribution in [0.25, 0.3) is 0 Å². The Morgan fingerprint density at radius 1 is 0.424 bits per heavy atom. The first-order chi connectivity index (χ1) is 14.9. The molecule has 0 radical (unpaired) electrons. The van der Waals surface area contributed by atoms with E-state index < -0.39 is 59.9 Å². The molecule has 0 amide bonds. The highest BCUT2D eigenvalue weighted by molar-refractivity contribution is 5.23. The molecule has 0 aliphatic rings. The first-order valence-corrected chi connectivity index (χ1v) is 8.91. The Labute approximate surface area is 179 Å². The van der Waals surface area contributed by atoms with Gasteiger partial charge in [0.05, 0.1) is 0 Å². The Balaban J connectivity index is 2.83. The van der Waals surface area contributed by atoms with Crippen molar-refractivity contribution in [3.63, 3.8) is 0 Å². The maximum absolute atomic E-state index is 13.8. The number of ether oxygens (including phenoxy) is 1. The lowest BCUT2D eigenvalue weighted by atomic mass is 9.87. The molecule has 0 aromatic heterocycles. The lowest BCUT2D eigenvalue weighted by Crippen LogP contribution is -2.71. The fourth-order valence-corrected chi connectivity index (χ4v) is 3.09. The predicted molar refractivity (Wildman–Crippen MR) is 91.1 cm³/mol. The SMILES string of the molecule is FC(F)(F)C(Cc1ccccc1)(OC(Cc1ccccc1)(C(F)(F)F)C(F)(F)F)C(F)(F)F. The van der Waals surface area contributed by atoms with Gasteiger partial charge in [0.1, 0.15) is 0 Å². The largest absolute Gasteiger partial charge is 0.426 e. The summed E-state index contributed by atoms with van der Waals surface area (Å²) < 4.78 is 169. The van der Waals surface area contributed by atoms with Gasteiger partial charge < -0.3 is 4.74 Å². The molecule has 0 saturated heterocycles. The van der Waals surface area contributed by atoms with Crippen LogP contribution in [0.2, 0.25) is 0 Å². The normalized spacial score (nSPS) is 14.4. The Bertz CT molecular complexity index is 792. The fourth-order valence-electron chi connectivity index (χ4n) is 3.09. The summed E-state index contributed by atoms with van der Waals surface area (Å²) in [7, 11) is 0. The lowest BCUT2D eigenvalue weighted by molar-refractivity contribution is -0.467. The lowest BCUT2D eigenvalue weighted by Gasteiger charge is -2.46. The van der Waals surface area contributed by atoms with E-state index in [2.05, 4.69) is 4.74 Å². The van der Waals surface area contributed by atoms with Gasteiger partial charge in [-0.15, -0.1) is 0 Å². The van der Waals surface area contributed by atoms with Crippen molar-refractivity contribution in [2.24, 2.45) is 0 Å². The highest BCUT2D eigenvalue weighted by Crippen LogP contribution is 2.56. The maximum Gasteiger partial charge on any atom is 0.426 e. The monoisotopic (exact) mass is 498 g/mol. The summed E-state index contributed by atoms with van der Waals surface area (Å²) in [5.74, 6) is 0. The summed E-state index contributed by atoms with van der Waals surface area (Å²) in [4.78, 5) is 0. The Hall–Kier alpha value is -2.44. The van der Waals surface area contributed by atoms with Crippen molar-refractivity contribution >= 4 is 0 Å². The van der Waals surface area contributed by atoms with E-state index in [0.29, 0.717) is 24.3 Å². The zero-order chi connectivity index (χ0) is 25.3. The number of rotatable bonds is 6. The molecular weight excluding hydrogens is 484 g/mol. The smallest absolute Gasteiger partial charge is 0.333 e. The minimum atomic E-state index is -6.71. The molecule has 2 rings (SSSR count). The van der Waals surface area contributed by atoms with E-state index in [-0.39, 0.29) is 0 Å². The molecule has 0 aliphatic carbocycles. The van der Waals surface area contributed by atoms with Crippen LogP contribution < -0.4 is 0 Å². The topological polar surface area (TPSA) is 9.23 Å². The molecule has 0 unspecified atom stereocenters. The Morgan fingerprint density at radius 3 is 0.879 bits per heavy atom. The van der Waals surface area contributed by atoms with Gasteiger partial charge in [-0.1, -0.05) is 60.7 Å². The van der Waals surface area contributed by atoms with Gasteiger partial charge in [0.2, 0.25) is 0 Å². The van der Waals surface area contributed by atoms with Gasteiger partial charge in [0, 0.05) is 12.8 Å². The highest BCUT2D eigenvalue weighted by Gasteiger charge is 2.81. The van der Waals surface area contributed by atoms with Crippen molar-refractivity contribution in [1.82, 2.24) is 0 Å². The van der Waals surface area contributed by atoms with E-state index in [4.69, 9.17) is 0 Å². The van der Waals surface area contributed by atoms with Gasteiger partial charge in [-0.2, -0.15) is 52.7 Å². The van der Waals surface area contributed by atoms with Gasteiger partial charge in [0.25, 0.3) is 11.2 Å². The molecule has 0 bridgehead atoms. The predicted octanol–water partition coefficient (Wildman–Crippen LogP) is 7.22. The van der Waals surface area contributed by atoms with E-state index in [1.165, 1.54) is 12.1 Å². The third kappa shape index (κ3) is 5.22. The zero-order valence-electron chi connectivity index (χ0n) is 16.1. The van der Waals surface area contributed by atoms with E-state index in [1.54, 1.807) is 0 Å². The van der Waals surface area contributed by atoms with Crippen LogP contribution >= 0.6 is 0 Å². The molecule has 0 fully saturated rings. The van der Waals surface area contributed by atoms with E-state index in [1.807, 2.05) is 0 Å². The summed E-state index contributed by atoms with van der Waals surface area (Å²) >= 11 is 0. The molecular formula is C20H14F12O. The van der Waals surface area contributed by atoms with Crippen molar-refractivity contribution in [3.8, 4) is 0 Å². The molecule has 13 heteroatoms. The van der Waals surface area contributed by atoms with E-state index >= 15 is 0 Å². The zero-order valence-corrected chi connectivity index (χ0v) is 16.1. The van der Waals surface area contributed by atoms with Gasteiger partial charge in [-0.05, 0) is 11.1 Å². The summed E-state index contributed by atoms with van der Waals surface area (Å²) in [6, 6.07) is 9.00. The number of halogens is 12. The first-order valence-electron chi connectivity index (χ1n) is 8.91. The first kappa shape index (κ1) is 26.8. The van der Waals surface area contributed by atoms with Crippen molar-refractivity contribution in [1.29, 1.82) is 0 Å². The van der Waals surface area contributed by atoms with Gasteiger partial charge >= 0.3 is 24.7 Å². The van der Waals surface area contributed by atoms with Crippen LogP contribution in [0.1, 0.15) is 11.1 Å². The molecule has 0 heterocycles. The van der Waals surface area contributed by atoms with Crippen LogP contribution in [0.3, 0.4) is 0 Å². The molecule has 0 aliphatic heterocycles. The third-order valence-corrected chi connectivity index (χ3v) is 4.77. The van der Waals surface area contributed by atoms with Crippen LogP contribution in [0, 0.1) is 0 Å². The second-order valence-corrected chi connectivity index (χ2v) is 7.07. The molecule has 0 atom stereocenters. The quantitative estimate of drug-likeness (QED) is 0.383. The van der Waals surface area contributed by atoms with Crippen LogP contribution in [0.5, 0.6) is 0 Å². The summed E-state index contributed by atoms with van der Waals surface area (Å²) in [5.41, 5.74) is -13.3. The van der Waals surface area contributed by atoms with Crippen LogP contribution in [-0.4, -0.2) is 35.9 Å². The van der Waals surface area contributed by atoms with Crippen molar-refractivity contribution < 1.29 is 57.4 Å². The average molecular weight is 498 g/mol. The second kappa shape index (κ2) is 8.73. The number of hydrogen-bond acceptors (Lipinski definition) is 1. The van der Waals surface area contributed by atoms with Gasteiger partial charge in [-0.25, -0.2) is 0 Å². The molecule has 1 nitrogen and oxygen atoms in total. The van der Waals surface area contributed by atoms with E-state index in [9.17, 15) is 52.7 Å². The summed E-state index contributed by atoms with van der Waals surface area (Å²) in [5, 5.41) is 0. The Morgan fingerprint density at radius 2 is 0.667 bits per heavy atom. The number of alkyl halides is 12. The minimum Gasteiger partial charge on any atom is -0.333 e. The summed E-state index contributed by atoms with van der Waals surface area (Å²) in [6.07, 6.45) is -31.6. The standard InChI is InChI=1S/C20H14F12O/c21-17(22,23)15(18(24,25)26,11-13-7-3-1-4-8-13)33-16(19(27,28)29,20(30,31)32)12-14-9-5-2-6-10-14/h1-10H,11-12H2. The number of hydrogen-bond donors (Lipinski definition) is 0. The van der Waals surface area contributed by atoms with Crippen molar-refractivity contribution in [2.75, 3.05) is 0 Å². The van der Waals surface area contributed by atoms with Crippen LogP contribution in [-0.2, 0) is 17.6 Å². The van der Waals surface area contributed by atoms with Crippen LogP contribution in [0.15, 0.2) is 60.7 Å². The van der Waals surface area contributed by atoms with Crippen molar-refractivity contribution in [2.45, 2.75) is 48.7 Å². The van der Waals surface area contributed by atoms with E-state index in [0.717, 1.165) is 24.3 Å². The second-order valence-electron chi connectivity index (χ2n) is 7.07. The van der Waals surface area contributed by atoms with Crippen LogP contribution in [0.4, 0.5) is 52.7 Å². The molecule has 2 aromatic carbocycles. The minimum absolute atomic E-state index is 0.690. The summed E-state index contributed by atoms with van der Waals surface area (Å²) in [6.45, 7) is 0.